The van der Waals surface area contributed by atoms with Crippen molar-refractivity contribution in [3.63, 3.8) is 0 Å². The van der Waals surface area contributed by atoms with E-state index in [0.717, 1.165) is 16.1 Å². The van der Waals surface area contributed by atoms with Crippen LogP contribution in [-0.4, -0.2) is 27.1 Å². The molecule has 2 aromatic heterocycles. The number of thiophene rings is 1. The van der Waals surface area contributed by atoms with Crippen LogP contribution in [0, 0.1) is 12.7 Å². The molecular weight excluding hydrogens is 459 g/mol. The fourth-order valence-corrected chi connectivity index (χ4v) is 4.51. The van der Waals surface area contributed by atoms with Crippen LogP contribution in [0.3, 0.4) is 0 Å². The Balaban J connectivity index is 1.36. The average Bonchev–Trinajstić information content (AvgIpc) is 3.51. The predicted molar refractivity (Wildman–Crippen MR) is 130 cm³/mol. The van der Waals surface area contributed by atoms with Gasteiger partial charge >= 0.3 is 0 Å². The van der Waals surface area contributed by atoms with Crippen molar-refractivity contribution in [2.45, 2.75) is 18.6 Å². The van der Waals surface area contributed by atoms with Gasteiger partial charge in [0.15, 0.2) is 5.16 Å². The molecule has 2 heterocycles. The number of imidazole rings is 1. The first-order valence-corrected chi connectivity index (χ1v) is 12.0. The molecule has 0 aliphatic heterocycles. The Bertz CT molecular complexity index is 1250. The quantitative estimate of drug-likeness (QED) is 0.347. The van der Waals surface area contributed by atoms with E-state index in [1.165, 1.54) is 23.9 Å². The van der Waals surface area contributed by atoms with Crippen molar-refractivity contribution in [1.29, 1.82) is 0 Å². The van der Waals surface area contributed by atoms with Crippen LogP contribution < -0.4 is 10.6 Å². The SMILES string of the molecule is Cc1ccc(F)cc1NC(=O)CSc1nccn1-c1ccc(C(=O)NCc2cccs2)cc1. The molecule has 9 heteroatoms. The van der Waals surface area contributed by atoms with E-state index in [4.69, 9.17) is 0 Å². The zero-order chi connectivity index (χ0) is 23.2. The minimum atomic E-state index is -0.400. The summed E-state index contributed by atoms with van der Waals surface area (Å²) >= 11 is 2.87. The molecule has 0 atom stereocenters. The highest BCUT2D eigenvalue weighted by Gasteiger charge is 2.12. The molecule has 4 rings (SSSR count). The van der Waals surface area contributed by atoms with Gasteiger partial charge in [0.25, 0.3) is 5.91 Å². The lowest BCUT2D eigenvalue weighted by Crippen LogP contribution is -2.22. The maximum Gasteiger partial charge on any atom is 0.251 e. The minimum absolute atomic E-state index is 0.121. The summed E-state index contributed by atoms with van der Waals surface area (Å²) in [7, 11) is 0. The van der Waals surface area contributed by atoms with Crippen molar-refractivity contribution in [2.24, 2.45) is 0 Å². The van der Waals surface area contributed by atoms with Gasteiger partial charge in [0.1, 0.15) is 5.82 Å². The molecule has 2 N–H and O–H groups in total. The molecule has 0 bridgehead atoms. The van der Waals surface area contributed by atoms with E-state index in [2.05, 4.69) is 15.6 Å². The smallest absolute Gasteiger partial charge is 0.251 e. The number of carbonyl (C=O) groups is 2. The lowest BCUT2D eigenvalue weighted by atomic mass is 10.2. The molecule has 2 amide bonds. The Morgan fingerprint density at radius 2 is 1.97 bits per heavy atom. The summed E-state index contributed by atoms with van der Waals surface area (Å²) < 4.78 is 15.3. The molecule has 33 heavy (non-hydrogen) atoms. The van der Waals surface area contributed by atoms with Gasteiger partial charge < -0.3 is 10.6 Å². The number of aryl methyl sites for hydroxylation is 1. The Labute approximate surface area is 198 Å². The van der Waals surface area contributed by atoms with E-state index in [1.807, 2.05) is 34.2 Å². The van der Waals surface area contributed by atoms with Crippen LogP contribution in [0.2, 0.25) is 0 Å². The molecule has 0 radical (unpaired) electrons. The van der Waals surface area contributed by atoms with E-state index in [-0.39, 0.29) is 17.6 Å². The first kappa shape index (κ1) is 22.8. The van der Waals surface area contributed by atoms with Gasteiger partial charge in [-0.05, 0) is 60.3 Å². The van der Waals surface area contributed by atoms with E-state index in [9.17, 15) is 14.0 Å². The highest BCUT2D eigenvalue weighted by Crippen LogP contribution is 2.22. The fourth-order valence-electron chi connectivity index (χ4n) is 3.09. The molecule has 0 saturated carbocycles. The number of hydrogen-bond donors (Lipinski definition) is 2. The number of carbonyl (C=O) groups excluding carboxylic acids is 2. The number of nitrogens with one attached hydrogen (secondary N) is 2. The molecule has 0 aliphatic carbocycles. The second kappa shape index (κ2) is 10.5. The third-order valence-electron chi connectivity index (χ3n) is 4.82. The van der Waals surface area contributed by atoms with Crippen LogP contribution >= 0.6 is 23.1 Å². The summed E-state index contributed by atoms with van der Waals surface area (Å²) in [4.78, 5) is 30.2. The average molecular weight is 481 g/mol. The monoisotopic (exact) mass is 480 g/mol. The number of hydrogen-bond acceptors (Lipinski definition) is 5. The maximum absolute atomic E-state index is 13.4. The van der Waals surface area contributed by atoms with E-state index < -0.39 is 5.82 Å². The largest absolute Gasteiger partial charge is 0.347 e. The summed E-state index contributed by atoms with van der Waals surface area (Å²) in [6.07, 6.45) is 3.45. The number of aromatic nitrogens is 2. The summed E-state index contributed by atoms with van der Waals surface area (Å²) in [5.41, 5.74) is 2.63. The number of halogens is 1. The van der Waals surface area contributed by atoms with Crippen LogP contribution in [0.15, 0.2) is 77.5 Å². The van der Waals surface area contributed by atoms with Crippen molar-refractivity contribution in [1.82, 2.24) is 14.9 Å². The molecule has 4 aromatic rings. The van der Waals surface area contributed by atoms with Crippen LogP contribution in [0.1, 0.15) is 20.8 Å². The summed E-state index contributed by atoms with van der Waals surface area (Å²) in [5, 5.41) is 8.25. The molecule has 0 saturated heterocycles. The standard InChI is InChI=1S/C24H21FN4O2S2/c1-16-4-7-18(25)13-21(16)28-22(30)15-33-24-26-10-11-29(24)19-8-5-17(6-9-19)23(31)27-14-20-3-2-12-32-20/h2-13H,14-15H2,1H3,(H,27,31)(H,28,30). The summed E-state index contributed by atoms with van der Waals surface area (Å²) in [5.74, 6) is -0.667. The summed E-state index contributed by atoms with van der Waals surface area (Å²) in [6.45, 7) is 2.30. The van der Waals surface area contributed by atoms with E-state index in [0.29, 0.717) is 23.0 Å². The van der Waals surface area contributed by atoms with Crippen LogP contribution in [0.25, 0.3) is 5.69 Å². The van der Waals surface area contributed by atoms with Crippen molar-refractivity contribution < 1.29 is 14.0 Å². The topological polar surface area (TPSA) is 76.0 Å². The summed E-state index contributed by atoms with van der Waals surface area (Å²) in [6, 6.07) is 15.4. The van der Waals surface area contributed by atoms with E-state index in [1.54, 1.807) is 48.9 Å². The highest BCUT2D eigenvalue weighted by molar-refractivity contribution is 7.99. The first-order chi connectivity index (χ1) is 16.0. The van der Waals surface area contributed by atoms with Gasteiger partial charge in [-0.15, -0.1) is 11.3 Å². The van der Waals surface area contributed by atoms with E-state index >= 15 is 0 Å². The number of thioether (sulfide) groups is 1. The maximum atomic E-state index is 13.4. The Morgan fingerprint density at radius 1 is 1.15 bits per heavy atom. The third kappa shape index (κ3) is 5.88. The number of nitrogens with zero attached hydrogens (tertiary/aromatic N) is 2. The third-order valence-corrected chi connectivity index (χ3v) is 6.67. The Hall–Kier alpha value is -3.43. The first-order valence-electron chi connectivity index (χ1n) is 10.1. The number of rotatable bonds is 8. The Morgan fingerprint density at radius 3 is 2.73 bits per heavy atom. The zero-order valence-electron chi connectivity index (χ0n) is 17.7. The minimum Gasteiger partial charge on any atom is -0.347 e. The molecule has 6 nitrogen and oxygen atoms in total. The van der Waals surface area contributed by atoms with Crippen LogP contribution in [0.4, 0.5) is 10.1 Å². The lowest BCUT2D eigenvalue weighted by Gasteiger charge is -2.10. The molecule has 0 unspecified atom stereocenters. The Kier molecular flexibility index (Phi) is 7.21. The van der Waals surface area contributed by atoms with Gasteiger partial charge in [0, 0.05) is 34.2 Å². The van der Waals surface area contributed by atoms with Gasteiger partial charge in [-0.3, -0.25) is 14.2 Å². The van der Waals surface area contributed by atoms with Crippen molar-refractivity contribution in [3.05, 3.63) is 94.2 Å². The van der Waals surface area contributed by atoms with Crippen molar-refractivity contribution in [2.75, 3.05) is 11.1 Å². The highest BCUT2D eigenvalue weighted by atomic mass is 32.2. The zero-order valence-corrected chi connectivity index (χ0v) is 19.4. The molecule has 168 valence electrons. The normalized spacial score (nSPS) is 10.7. The number of benzene rings is 2. The van der Waals surface area contributed by atoms with Crippen molar-refractivity contribution in [3.8, 4) is 5.69 Å². The lowest BCUT2D eigenvalue weighted by molar-refractivity contribution is -0.113. The molecule has 0 aliphatic rings. The van der Waals surface area contributed by atoms with Gasteiger partial charge in [0.2, 0.25) is 5.91 Å². The second-order valence-corrected chi connectivity index (χ2v) is 9.16. The molecule has 0 fully saturated rings. The van der Waals surface area contributed by atoms with Gasteiger partial charge in [-0.1, -0.05) is 23.9 Å². The number of anilines is 1. The molecule has 2 aromatic carbocycles. The van der Waals surface area contributed by atoms with Gasteiger partial charge in [0.05, 0.1) is 12.3 Å². The van der Waals surface area contributed by atoms with Crippen LogP contribution in [0.5, 0.6) is 0 Å². The van der Waals surface area contributed by atoms with Gasteiger partial charge in [-0.25, -0.2) is 9.37 Å². The molecular formula is C24H21FN4O2S2. The fraction of sp³-hybridized carbons (Fsp3) is 0.125. The predicted octanol–water partition coefficient (Wildman–Crippen LogP) is 5.04. The number of amides is 2. The molecule has 0 spiro atoms. The van der Waals surface area contributed by atoms with Gasteiger partial charge in [-0.2, -0.15) is 0 Å². The van der Waals surface area contributed by atoms with Crippen molar-refractivity contribution >= 4 is 40.6 Å². The second-order valence-electron chi connectivity index (χ2n) is 7.18. The van der Waals surface area contributed by atoms with Crippen LogP contribution in [-0.2, 0) is 11.3 Å².